The summed E-state index contributed by atoms with van der Waals surface area (Å²) in [6.45, 7) is 4.03. The lowest BCUT2D eigenvalue weighted by molar-refractivity contribution is -0.148. The summed E-state index contributed by atoms with van der Waals surface area (Å²) in [5, 5.41) is 11.9. The third kappa shape index (κ3) is 2.14. The summed E-state index contributed by atoms with van der Waals surface area (Å²) in [6, 6.07) is 1.86. The molecule has 1 fully saturated rings. The van der Waals surface area contributed by atoms with Gasteiger partial charge < -0.3 is 10.4 Å². The molecule has 2 N–H and O–H groups in total. The van der Waals surface area contributed by atoms with Crippen LogP contribution in [0.5, 0.6) is 0 Å². The number of carboxylic acids is 1. The molecule has 0 aliphatic heterocycles. The standard InChI is InChI=1S/C13H17NO3S/c1-3-9-7-10(18-8(9)2)11(15)14-13(12(16)17)5-4-6-13/h7H,3-6H2,1-2H3,(H,14,15)(H,16,17). The molecular formula is C13H17NO3S. The quantitative estimate of drug-likeness (QED) is 0.880. The van der Waals surface area contributed by atoms with E-state index in [-0.39, 0.29) is 5.91 Å². The zero-order valence-corrected chi connectivity index (χ0v) is 11.4. The number of rotatable bonds is 4. The zero-order valence-electron chi connectivity index (χ0n) is 10.6. The molecule has 1 aliphatic rings. The molecule has 5 heteroatoms. The third-order valence-electron chi connectivity index (χ3n) is 3.59. The number of aryl methyl sites for hydroxylation is 2. The van der Waals surface area contributed by atoms with Crippen LogP contribution in [0.2, 0.25) is 0 Å². The van der Waals surface area contributed by atoms with E-state index in [1.165, 1.54) is 11.3 Å². The van der Waals surface area contributed by atoms with Gasteiger partial charge in [-0.25, -0.2) is 4.79 Å². The Labute approximate surface area is 110 Å². The van der Waals surface area contributed by atoms with Crippen molar-refractivity contribution in [2.75, 3.05) is 0 Å². The number of hydrogen-bond acceptors (Lipinski definition) is 3. The molecule has 1 amide bonds. The van der Waals surface area contributed by atoms with Gasteiger partial charge >= 0.3 is 5.97 Å². The van der Waals surface area contributed by atoms with Crippen molar-refractivity contribution in [3.63, 3.8) is 0 Å². The number of hydrogen-bond donors (Lipinski definition) is 2. The van der Waals surface area contributed by atoms with Crippen molar-refractivity contribution in [1.82, 2.24) is 5.32 Å². The Bertz CT molecular complexity index is 488. The topological polar surface area (TPSA) is 66.4 Å². The molecule has 2 rings (SSSR count). The Morgan fingerprint density at radius 3 is 2.56 bits per heavy atom. The van der Waals surface area contributed by atoms with E-state index in [2.05, 4.69) is 5.32 Å². The maximum atomic E-state index is 12.1. The van der Waals surface area contributed by atoms with Crippen LogP contribution in [-0.4, -0.2) is 22.5 Å². The number of carboxylic acid groups (broad SMARTS) is 1. The number of aliphatic carboxylic acids is 1. The molecule has 1 heterocycles. The molecule has 0 saturated heterocycles. The smallest absolute Gasteiger partial charge is 0.329 e. The van der Waals surface area contributed by atoms with Crippen molar-refractivity contribution in [3.05, 3.63) is 21.4 Å². The summed E-state index contributed by atoms with van der Waals surface area (Å²) in [5.74, 6) is -1.18. The lowest BCUT2D eigenvalue weighted by Crippen LogP contribution is -2.59. The largest absolute Gasteiger partial charge is 0.480 e. The van der Waals surface area contributed by atoms with Crippen LogP contribution < -0.4 is 5.32 Å². The first-order valence-electron chi connectivity index (χ1n) is 6.14. The SMILES string of the molecule is CCc1cc(C(=O)NC2(C(=O)O)CCC2)sc1C. The van der Waals surface area contributed by atoms with Crippen molar-refractivity contribution in [1.29, 1.82) is 0 Å². The van der Waals surface area contributed by atoms with Crippen LogP contribution in [0.4, 0.5) is 0 Å². The fourth-order valence-electron chi connectivity index (χ4n) is 2.18. The molecule has 1 aromatic heterocycles. The fraction of sp³-hybridized carbons (Fsp3) is 0.538. The Hall–Kier alpha value is -1.36. The summed E-state index contributed by atoms with van der Waals surface area (Å²) >= 11 is 1.43. The van der Waals surface area contributed by atoms with Gasteiger partial charge in [-0.05, 0) is 44.2 Å². The van der Waals surface area contributed by atoms with Gasteiger partial charge in [-0.3, -0.25) is 4.79 Å². The number of thiophene rings is 1. The predicted octanol–water partition coefficient (Wildman–Crippen LogP) is 2.36. The van der Waals surface area contributed by atoms with Crippen molar-refractivity contribution >= 4 is 23.2 Å². The van der Waals surface area contributed by atoms with Crippen LogP contribution >= 0.6 is 11.3 Å². The van der Waals surface area contributed by atoms with Gasteiger partial charge in [0.05, 0.1) is 4.88 Å². The maximum absolute atomic E-state index is 12.1. The van der Waals surface area contributed by atoms with Gasteiger partial charge in [0.25, 0.3) is 5.91 Å². The average Bonchev–Trinajstić information content (AvgIpc) is 2.64. The van der Waals surface area contributed by atoms with E-state index in [9.17, 15) is 14.7 Å². The van der Waals surface area contributed by atoms with E-state index < -0.39 is 11.5 Å². The monoisotopic (exact) mass is 267 g/mol. The molecule has 18 heavy (non-hydrogen) atoms. The summed E-state index contributed by atoms with van der Waals surface area (Å²) in [7, 11) is 0. The highest BCUT2D eigenvalue weighted by Crippen LogP contribution is 2.33. The minimum absolute atomic E-state index is 0.259. The number of nitrogens with one attached hydrogen (secondary N) is 1. The molecule has 1 aromatic rings. The Morgan fingerprint density at radius 1 is 1.50 bits per heavy atom. The molecule has 1 saturated carbocycles. The Kier molecular flexibility index (Phi) is 3.43. The van der Waals surface area contributed by atoms with Crippen LogP contribution in [0.1, 0.15) is 46.3 Å². The number of amides is 1. The van der Waals surface area contributed by atoms with Crippen LogP contribution in [-0.2, 0) is 11.2 Å². The zero-order chi connectivity index (χ0) is 13.3. The molecule has 0 bridgehead atoms. The molecule has 98 valence electrons. The minimum atomic E-state index is -1.03. The van der Waals surface area contributed by atoms with E-state index in [0.29, 0.717) is 17.7 Å². The number of carbonyl (C=O) groups excluding carboxylic acids is 1. The molecule has 0 spiro atoms. The second-order valence-corrected chi connectivity index (χ2v) is 6.00. The first-order chi connectivity index (χ1) is 8.48. The maximum Gasteiger partial charge on any atom is 0.329 e. The summed E-state index contributed by atoms with van der Waals surface area (Å²) in [5.41, 5.74) is 0.129. The van der Waals surface area contributed by atoms with Crippen LogP contribution in [0.15, 0.2) is 6.07 Å². The van der Waals surface area contributed by atoms with Gasteiger partial charge in [-0.1, -0.05) is 6.92 Å². The first kappa shape index (κ1) is 13.1. The molecule has 0 unspecified atom stereocenters. The van der Waals surface area contributed by atoms with E-state index in [1.807, 2.05) is 19.9 Å². The van der Waals surface area contributed by atoms with Crippen molar-refractivity contribution < 1.29 is 14.7 Å². The fourth-order valence-corrected chi connectivity index (χ4v) is 3.19. The lowest BCUT2D eigenvalue weighted by atomic mass is 9.77. The predicted molar refractivity (Wildman–Crippen MR) is 70.1 cm³/mol. The van der Waals surface area contributed by atoms with Crippen LogP contribution in [0.3, 0.4) is 0 Å². The highest BCUT2D eigenvalue weighted by atomic mass is 32.1. The summed E-state index contributed by atoms with van der Waals surface area (Å²) in [4.78, 5) is 25.0. The van der Waals surface area contributed by atoms with E-state index in [0.717, 1.165) is 23.3 Å². The molecule has 1 aliphatic carbocycles. The Balaban J connectivity index is 2.14. The van der Waals surface area contributed by atoms with Gasteiger partial charge in [0.1, 0.15) is 5.54 Å². The molecular weight excluding hydrogens is 250 g/mol. The molecule has 0 atom stereocenters. The van der Waals surface area contributed by atoms with E-state index in [4.69, 9.17) is 0 Å². The van der Waals surface area contributed by atoms with E-state index >= 15 is 0 Å². The number of carbonyl (C=O) groups is 2. The van der Waals surface area contributed by atoms with E-state index in [1.54, 1.807) is 0 Å². The van der Waals surface area contributed by atoms with Crippen LogP contribution in [0.25, 0.3) is 0 Å². The second kappa shape index (κ2) is 4.72. The lowest BCUT2D eigenvalue weighted by Gasteiger charge is -2.38. The molecule has 0 aromatic carbocycles. The third-order valence-corrected chi connectivity index (χ3v) is 4.69. The highest BCUT2D eigenvalue weighted by Gasteiger charge is 2.45. The van der Waals surface area contributed by atoms with Gasteiger partial charge in [-0.15, -0.1) is 11.3 Å². The van der Waals surface area contributed by atoms with Gasteiger partial charge in [0.2, 0.25) is 0 Å². The molecule has 4 nitrogen and oxygen atoms in total. The summed E-state index contributed by atoms with van der Waals surface area (Å²) in [6.07, 6.45) is 2.80. The summed E-state index contributed by atoms with van der Waals surface area (Å²) < 4.78 is 0. The average molecular weight is 267 g/mol. The van der Waals surface area contributed by atoms with Gasteiger partial charge in [-0.2, -0.15) is 0 Å². The first-order valence-corrected chi connectivity index (χ1v) is 6.95. The highest BCUT2D eigenvalue weighted by molar-refractivity contribution is 7.14. The van der Waals surface area contributed by atoms with Crippen LogP contribution in [0, 0.1) is 6.92 Å². The molecule has 0 radical (unpaired) electrons. The van der Waals surface area contributed by atoms with Crippen molar-refractivity contribution in [3.8, 4) is 0 Å². The minimum Gasteiger partial charge on any atom is -0.480 e. The van der Waals surface area contributed by atoms with Gasteiger partial charge in [0.15, 0.2) is 0 Å². The Morgan fingerprint density at radius 2 is 2.17 bits per heavy atom. The normalized spacial score (nSPS) is 17.0. The van der Waals surface area contributed by atoms with Crippen molar-refractivity contribution in [2.24, 2.45) is 0 Å². The van der Waals surface area contributed by atoms with Gasteiger partial charge in [0, 0.05) is 4.88 Å². The second-order valence-electron chi connectivity index (χ2n) is 4.74. The van der Waals surface area contributed by atoms with Crippen molar-refractivity contribution in [2.45, 2.75) is 45.1 Å².